The highest BCUT2D eigenvalue weighted by Crippen LogP contribution is 2.29. The normalized spacial score (nSPS) is 19.9. The van der Waals surface area contributed by atoms with Crippen molar-refractivity contribution in [2.24, 2.45) is 0 Å². The maximum atomic E-state index is 12.2. The van der Waals surface area contributed by atoms with Gasteiger partial charge in [-0.2, -0.15) is 0 Å². The Labute approximate surface area is 123 Å². The van der Waals surface area contributed by atoms with E-state index in [2.05, 4.69) is 10.3 Å². The van der Waals surface area contributed by atoms with Crippen molar-refractivity contribution in [3.05, 3.63) is 10.6 Å². The van der Waals surface area contributed by atoms with Crippen molar-refractivity contribution in [3.8, 4) is 0 Å². The fraction of sp³-hybridized carbons (Fsp3) is 0.714. The van der Waals surface area contributed by atoms with Crippen LogP contribution >= 0.6 is 11.3 Å². The molecule has 0 aromatic carbocycles. The van der Waals surface area contributed by atoms with E-state index in [1.54, 1.807) is 11.3 Å². The molecule has 6 heteroatoms. The summed E-state index contributed by atoms with van der Waals surface area (Å²) < 4.78 is 5.37. The maximum Gasteiger partial charge on any atom is 0.323 e. The fourth-order valence-electron chi connectivity index (χ4n) is 2.70. The molecule has 1 aromatic heterocycles. The minimum absolute atomic E-state index is 0.0422. The van der Waals surface area contributed by atoms with Gasteiger partial charge >= 0.3 is 6.03 Å². The average Bonchev–Trinajstić information content (AvgIpc) is 2.68. The highest BCUT2D eigenvalue weighted by molar-refractivity contribution is 7.15. The van der Waals surface area contributed by atoms with Crippen LogP contribution in [0.5, 0.6) is 0 Å². The molecule has 0 saturated carbocycles. The molecule has 2 aliphatic rings. The van der Waals surface area contributed by atoms with E-state index in [1.807, 2.05) is 4.90 Å². The van der Waals surface area contributed by atoms with E-state index in [1.165, 1.54) is 29.8 Å². The van der Waals surface area contributed by atoms with Gasteiger partial charge in [-0.1, -0.05) is 6.42 Å². The van der Waals surface area contributed by atoms with E-state index in [9.17, 15) is 4.79 Å². The lowest BCUT2D eigenvalue weighted by atomic mass is 10.2. The molecule has 110 valence electrons. The molecule has 1 N–H and O–H groups in total. The minimum atomic E-state index is -0.0422. The third kappa shape index (κ3) is 3.30. The smallest absolute Gasteiger partial charge is 0.323 e. The Hall–Kier alpha value is -1.14. The van der Waals surface area contributed by atoms with Crippen molar-refractivity contribution in [1.82, 2.24) is 9.88 Å². The summed E-state index contributed by atoms with van der Waals surface area (Å²) in [5.41, 5.74) is 1.20. The highest BCUT2D eigenvalue weighted by atomic mass is 32.1. The standard InChI is InChI=1S/C14H21N3O2S/c18-14(17-7-4-9-19-10-8-17)16-13-15-11-5-2-1-3-6-12(11)20-13/h1-10H2,(H,15,16,18). The number of fused-ring (bicyclic) bond motifs is 1. The lowest BCUT2D eigenvalue weighted by molar-refractivity contribution is 0.144. The number of rotatable bonds is 1. The topological polar surface area (TPSA) is 54.5 Å². The second kappa shape index (κ2) is 6.54. The van der Waals surface area contributed by atoms with Gasteiger partial charge in [-0.05, 0) is 32.1 Å². The number of aromatic nitrogens is 1. The number of nitrogens with zero attached hydrogens (tertiary/aromatic N) is 2. The van der Waals surface area contributed by atoms with Gasteiger partial charge in [0.15, 0.2) is 5.13 Å². The van der Waals surface area contributed by atoms with Crippen LogP contribution in [0.25, 0.3) is 0 Å². The van der Waals surface area contributed by atoms with E-state index < -0.39 is 0 Å². The molecule has 2 amide bonds. The summed E-state index contributed by atoms with van der Waals surface area (Å²) in [7, 11) is 0. The predicted octanol–water partition coefficient (Wildman–Crippen LogP) is 2.67. The number of nitrogens with one attached hydrogen (secondary N) is 1. The summed E-state index contributed by atoms with van der Waals surface area (Å²) in [5, 5.41) is 3.71. The monoisotopic (exact) mass is 295 g/mol. The molecule has 2 heterocycles. The predicted molar refractivity (Wildman–Crippen MR) is 79.4 cm³/mol. The molecule has 1 aromatic rings. The third-order valence-electron chi connectivity index (χ3n) is 3.82. The number of hydrogen-bond donors (Lipinski definition) is 1. The van der Waals surface area contributed by atoms with Crippen LogP contribution in [0.2, 0.25) is 0 Å². The zero-order chi connectivity index (χ0) is 13.8. The second-order valence-electron chi connectivity index (χ2n) is 5.33. The van der Waals surface area contributed by atoms with Crippen LogP contribution in [-0.4, -0.2) is 42.2 Å². The second-order valence-corrected chi connectivity index (χ2v) is 6.42. The Bertz CT molecular complexity index is 443. The number of amides is 2. The summed E-state index contributed by atoms with van der Waals surface area (Å²) in [5.74, 6) is 0. The van der Waals surface area contributed by atoms with Crippen molar-refractivity contribution >= 4 is 22.5 Å². The van der Waals surface area contributed by atoms with Crippen LogP contribution in [0.3, 0.4) is 0 Å². The Morgan fingerprint density at radius 3 is 3.00 bits per heavy atom. The molecule has 1 aliphatic heterocycles. The van der Waals surface area contributed by atoms with Crippen molar-refractivity contribution in [1.29, 1.82) is 0 Å². The van der Waals surface area contributed by atoms with Crippen LogP contribution in [0.1, 0.15) is 36.3 Å². The number of urea groups is 1. The number of hydrogen-bond acceptors (Lipinski definition) is 4. The van der Waals surface area contributed by atoms with E-state index in [0.717, 1.165) is 37.5 Å². The Morgan fingerprint density at radius 2 is 2.05 bits per heavy atom. The Balaban J connectivity index is 1.63. The van der Waals surface area contributed by atoms with Gasteiger partial charge in [0.1, 0.15) is 0 Å². The first-order valence-electron chi connectivity index (χ1n) is 7.45. The largest absolute Gasteiger partial charge is 0.380 e. The van der Waals surface area contributed by atoms with E-state index in [4.69, 9.17) is 4.74 Å². The third-order valence-corrected chi connectivity index (χ3v) is 4.89. The number of anilines is 1. The molecule has 0 radical (unpaired) electrons. The number of carbonyl (C=O) groups is 1. The zero-order valence-corrected chi connectivity index (χ0v) is 12.5. The van der Waals surface area contributed by atoms with Gasteiger partial charge in [0.25, 0.3) is 0 Å². The lowest BCUT2D eigenvalue weighted by Crippen LogP contribution is -2.36. The van der Waals surface area contributed by atoms with Crippen molar-refractivity contribution in [3.63, 3.8) is 0 Å². The van der Waals surface area contributed by atoms with Gasteiger partial charge in [0.2, 0.25) is 0 Å². The van der Waals surface area contributed by atoms with Gasteiger partial charge in [-0.25, -0.2) is 9.78 Å². The summed E-state index contributed by atoms with van der Waals surface area (Å²) in [6.45, 7) is 2.80. The number of carbonyl (C=O) groups excluding carboxylic acids is 1. The van der Waals surface area contributed by atoms with E-state index in [-0.39, 0.29) is 6.03 Å². The first-order valence-corrected chi connectivity index (χ1v) is 8.27. The molecule has 3 rings (SSSR count). The molecule has 1 aliphatic carbocycles. The molecular formula is C14H21N3O2S. The van der Waals surface area contributed by atoms with Gasteiger partial charge in [-0.15, -0.1) is 11.3 Å². The van der Waals surface area contributed by atoms with Crippen molar-refractivity contribution < 1.29 is 9.53 Å². The molecule has 0 spiro atoms. The van der Waals surface area contributed by atoms with Crippen LogP contribution in [0.15, 0.2) is 0 Å². The summed E-state index contributed by atoms with van der Waals surface area (Å²) in [4.78, 5) is 20.0. The molecule has 0 atom stereocenters. The molecule has 1 saturated heterocycles. The molecular weight excluding hydrogens is 274 g/mol. The maximum absolute atomic E-state index is 12.2. The van der Waals surface area contributed by atoms with Gasteiger partial charge in [-0.3, -0.25) is 5.32 Å². The average molecular weight is 295 g/mol. The molecule has 0 bridgehead atoms. The highest BCUT2D eigenvalue weighted by Gasteiger charge is 2.19. The minimum Gasteiger partial charge on any atom is -0.380 e. The lowest BCUT2D eigenvalue weighted by Gasteiger charge is -2.19. The summed E-state index contributed by atoms with van der Waals surface area (Å²) >= 11 is 1.65. The van der Waals surface area contributed by atoms with Crippen LogP contribution in [-0.2, 0) is 17.6 Å². The van der Waals surface area contributed by atoms with Gasteiger partial charge in [0.05, 0.1) is 12.3 Å². The molecule has 5 nitrogen and oxygen atoms in total. The number of thiazole rings is 1. The van der Waals surface area contributed by atoms with Crippen LogP contribution in [0.4, 0.5) is 9.93 Å². The van der Waals surface area contributed by atoms with Crippen molar-refractivity contribution in [2.45, 2.75) is 38.5 Å². The molecule has 0 unspecified atom stereocenters. The van der Waals surface area contributed by atoms with Crippen LogP contribution in [0, 0.1) is 0 Å². The zero-order valence-electron chi connectivity index (χ0n) is 11.7. The first kappa shape index (κ1) is 13.8. The number of ether oxygens (including phenoxy) is 1. The van der Waals surface area contributed by atoms with Gasteiger partial charge in [0, 0.05) is 24.6 Å². The molecule has 20 heavy (non-hydrogen) atoms. The summed E-state index contributed by atoms with van der Waals surface area (Å²) in [6, 6.07) is -0.0422. The quantitative estimate of drug-likeness (QED) is 0.810. The SMILES string of the molecule is O=C(Nc1nc2c(s1)CCCCC2)N1CCCOCC1. The number of aryl methyl sites for hydroxylation is 2. The van der Waals surface area contributed by atoms with Crippen molar-refractivity contribution in [2.75, 3.05) is 31.6 Å². The van der Waals surface area contributed by atoms with Crippen LogP contribution < -0.4 is 5.32 Å². The van der Waals surface area contributed by atoms with Gasteiger partial charge < -0.3 is 9.64 Å². The Morgan fingerprint density at radius 1 is 1.15 bits per heavy atom. The van der Waals surface area contributed by atoms with E-state index in [0.29, 0.717) is 13.2 Å². The molecule has 1 fully saturated rings. The first-order chi connectivity index (χ1) is 9.83. The fourth-order valence-corrected chi connectivity index (χ4v) is 3.74. The Kier molecular flexibility index (Phi) is 4.52. The summed E-state index contributed by atoms with van der Waals surface area (Å²) in [6.07, 6.45) is 6.82. The van der Waals surface area contributed by atoms with E-state index >= 15 is 0 Å².